The van der Waals surface area contributed by atoms with Gasteiger partial charge in [0.25, 0.3) is 0 Å². The van der Waals surface area contributed by atoms with Crippen molar-refractivity contribution in [1.29, 1.82) is 0 Å². The number of para-hydroxylation sites is 4. The molecule has 2 heterocycles. The first-order valence-corrected chi connectivity index (χ1v) is 27.3. The van der Waals surface area contributed by atoms with Gasteiger partial charge in [0.1, 0.15) is 0 Å². The molecule has 0 radical (unpaired) electrons. The summed E-state index contributed by atoms with van der Waals surface area (Å²) < 4.78 is 4.73. The minimum Gasteiger partial charge on any atom is -0.309 e. The Morgan fingerprint density at radius 3 is 0.987 bits per heavy atom. The topological polar surface area (TPSA) is 9.86 Å². The Morgan fingerprint density at radius 2 is 0.570 bits per heavy atom. The molecular weight excluding hydrogens is 953 g/mol. The molecule has 0 aliphatic heterocycles. The van der Waals surface area contributed by atoms with Gasteiger partial charge >= 0.3 is 0 Å². The Kier molecular flexibility index (Phi) is 11.1. The summed E-state index contributed by atoms with van der Waals surface area (Å²) in [6.07, 6.45) is 8.93. The Balaban J connectivity index is 0.745. The smallest absolute Gasteiger partial charge is 0.0713 e. The Hall–Kier alpha value is -10.3. The first-order valence-electron chi connectivity index (χ1n) is 27.3. The van der Waals surface area contributed by atoms with Gasteiger partial charge in [-0.15, -0.1) is 0 Å². The number of benzene rings is 12. The van der Waals surface area contributed by atoms with E-state index in [1.165, 1.54) is 122 Å². The fourth-order valence-electron chi connectivity index (χ4n) is 12.7. The lowest BCUT2D eigenvalue weighted by molar-refractivity contribution is 0.769. The van der Waals surface area contributed by atoms with Crippen molar-refractivity contribution in [2.75, 3.05) is 0 Å². The number of hydrogen-bond donors (Lipinski definition) is 0. The van der Waals surface area contributed by atoms with Gasteiger partial charge < -0.3 is 9.13 Å². The Labute approximate surface area is 460 Å². The molecule has 1 aliphatic rings. The average molecular weight is 1010 g/mol. The number of aromatic nitrogens is 2. The third kappa shape index (κ3) is 7.79. The molecule has 370 valence electrons. The number of fused-ring (bicyclic) bond motifs is 9. The van der Waals surface area contributed by atoms with E-state index in [1.807, 2.05) is 0 Å². The van der Waals surface area contributed by atoms with Gasteiger partial charge in [0.2, 0.25) is 0 Å². The quantitative estimate of drug-likeness (QED) is 0.121. The highest BCUT2D eigenvalue weighted by Crippen LogP contribution is 2.57. The Morgan fingerprint density at radius 1 is 0.241 bits per heavy atom. The predicted octanol–water partition coefficient (Wildman–Crippen LogP) is 19.9. The van der Waals surface area contributed by atoms with Crippen LogP contribution >= 0.6 is 0 Å². The lowest BCUT2D eigenvalue weighted by atomic mass is 9.67. The third-order valence-electron chi connectivity index (χ3n) is 16.4. The minimum atomic E-state index is -0.548. The molecule has 0 amide bonds. The third-order valence-corrected chi connectivity index (χ3v) is 16.4. The van der Waals surface area contributed by atoms with Crippen LogP contribution in [0.1, 0.15) is 44.5 Å². The maximum Gasteiger partial charge on any atom is 0.0713 e. The molecule has 14 aromatic rings. The second-order valence-corrected chi connectivity index (χ2v) is 20.8. The molecule has 0 unspecified atom stereocenters. The highest BCUT2D eigenvalue weighted by Gasteiger charge is 2.46. The Bertz CT molecular complexity index is 4350. The number of hydrogen-bond acceptors (Lipinski definition) is 0. The van der Waals surface area contributed by atoms with Gasteiger partial charge in [0.15, 0.2) is 0 Å². The average Bonchev–Trinajstić information content (AvgIpc) is 3.61. The van der Waals surface area contributed by atoms with E-state index in [4.69, 9.17) is 0 Å². The summed E-state index contributed by atoms with van der Waals surface area (Å²) in [6.45, 7) is 0. The summed E-state index contributed by atoms with van der Waals surface area (Å²) in [5.74, 6) is 0. The van der Waals surface area contributed by atoms with E-state index in [9.17, 15) is 0 Å². The normalized spacial score (nSPS) is 12.8. The number of rotatable bonds is 10. The van der Waals surface area contributed by atoms with Gasteiger partial charge in [0, 0.05) is 32.9 Å². The summed E-state index contributed by atoms with van der Waals surface area (Å²) >= 11 is 0. The molecule has 2 heteroatoms. The van der Waals surface area contributed by atoms with Gasteiger partial charge in [-0.25, -0.2) is 0 Å². The molecule has 0 saturated carbocycles. The minimum absolute atomic E-state index is 0.548. The molecule has 2 nitrogen and oxygen atoms in total. The molecule has 12 aromatic carbocycles. The van der Waals surface area contributed by atoms with Crippen molar-refractivity contribution in [3.05, 3.63) is 336 Å². The van der Waals surface area contributed by atoms with Gasteiger partial charge in [-0.3, -0.25) is 0 Å². The van der Waals surface area contributed by atoms with Crippen LogP contribution in [0.3, 0.4) is 0 Å². The molecule has 0 atom stereocenters. The predicted molar refractivity (Wildman–Crippen MR) is 334 cm³/mol. The molecule has 2 aromatic heterocycles. The van der Waals surface area contributed by atoms with Gasteiger partial charge in [0.05, 0.1) is 27.5 Å². The van der Waals surface area contributed by atoms with Crippen molar-refractivity contribution in [3.63, 3.8) is 0 Å². The fraction of sp³-hybridized carbons (Fsp3) is 0.0130. The lowest BCUT2D eigenvalue weighted by Crippen LogP contribution is -2.28. The van der Waals surface area contributed by atoms with Crippen molar-refractivity contribution in [2.45, 2.75) is 5.41 Å². The van der Waals surface area contributed by atoms with E-state index in [-0.39, 0.29) is 0 Å². The van der Waals surface area contributed by atoms with Crippen LogP contribution in [-0.2, 0) is 5.41 Å². The zero-order valence-corrected chi connectivity index (χ0v) is 43.4. The molecule has 0 bridgehead atoms. The van der Waals surface area contributed by atoms with E-state index in [0.717, 1.165) is 11.1 Å². The highest BCUT2D eigenvalue weighted by molar-refractivity contribution is 6.11. The summed E-state index contributed by atoms with van der Waals surface area (Å²) in [5, 5.41) is 5.02. The van der Waals surface area contributed by atoms with Crippen LogP contribution in [0.2, 0.25) is 0 Å². The molecule has 0 saturated heterocycles. The summed E-state index contributed by atoms with van der Waals surface area (Å²) in [7, 11) is 0. The maximum absolute atomic E-state index is 2.46. The van der Waals surface area contributed by atoms with E-state index in [1.54, 1.807) is 0 Å². The van der Waals surface area contributed by atoms with Crippen molar-refractivity contribution in [1.82, 2.24) is 9.13 Å². The van der Waals surface area contributed by atoms with E-state index < -0.39 is 5.41 Å². The second kappa shape index (κ2) is 19.1. The van der Waals surface area contributed by atoms with Crippen LogP contribution in [-0.4, -0.2) is 9.13 Å². The van der Waals surface area contributed by atoms with Crippen LogP contribution in [0.25, 0.3) is 113 Å². The van der Waals surface area contributed by atoms with Crippen LogP contribution in [0, 0.1) is 0 Å². The first kappa shape index (κ1) is 46.1. The molecule has 0 spiro atoms. The molecule has 15 rings (SSSR count). The zero-order valence-electron chi connectivity index (χ0n) is 43.4. The van der Waals surface area contributed by atoms with E-state index >= 15 is 0 Å². The van der Waals surface area contributed by atoms with Crippen LogP contribution in [0.15, 0.2) is 291 Å². The summed E-state index contributed by atoms with van der Waals surface area (Å²) in [4.78, 5) is 0. The summed E-state index contributed by atoms with van der Waals surface area (Å²) in [5.41, 5.74) is 23.7. The van der Waals surface area contributed by atoms with Crippen molar-refractivity contribution >= 4 is 67.9 Å². The van der Waals surface area contributed by atoms with Crippen LogP contribution in [0.5, 0.6) is 0 Å². The first-order chi connectivity index (χ1) is 39.2. The zero-order chi connectivity index (χ0) is 52.3. The molecule has 0 N–H and O–H groups in total. The van der Waals surface area contributed by atoms with Crippen LogP contribution in [0.4, 0.5) is 0 Å². The van der Waals surface area contributed by atoms with Gasteiger partial charge in [-0.05, 0) is 151 Å². The standard InChI is InChI=1S/C77H52N2/c1-5-17-61(18-6-1)77(62-19-7-2-8-20-62)71-51-59(57-39-33-53(34-40-57)29-31-55-37-47-75-69(49-55)67-25-13-15-27-73(67)78(75)63-21-9-3-10-22-63)43-45-65(71)66-46-44-60(52-72(66)77)58-41-35-54(36-42-58)30-32-56-38-48-76-70(50-56)68-26-14-16-28-74(68)79(76)64-23-11-4-12-24-64/h1-52H/b31-29+,32-30+. The molecule has 0 fully saturated rings. The van der Waals surface area contributed by atoms with E-state index in [0.29, 0.717) is 0 Å². The van der Waals surface area contributed by atoms with Gasteiger partial charge in [-0.1, -0.05) is 243 Å². The molecule has 1 aliphatic carbocycles. The molecule has 79 heavy (non-hydrogen) atoms. The van der Waals surface area contributed by atoms with Gasteiger partial charge in [-0.2, -0.15) is 0 Å². The fourth-order valence-corrected chi connectivity index (χ4v) is 12.7. The van der Waals surface area contributed by atoms with Crippen LogP contribution < -0.4 is 0 Å². The molecular formula is C77H52N2. The maximum atomic E-state index is 2.46. The van der Waals surface area contributed by atoms with Crippen molar-refractivity contribution in [2.24, 2.45) is 0 Å². The van der Waals surface area contributed by atoms with Crippen molar-refractivity contribution < 1.29 is 0 Å². The monoisotopic (exact) mass is 1000 g/mol. The van der Waals surface area contributed by atoms with Crippen molar-refractivity contribution in [3.8, 4) is 44.8 Å². The highest BCUT2D eigenvalue weighted by atomic mass is 15.0. The SMILES string of the molecule is C(=C\c1ccc2c(c1)c1ccccc1n2-c1ccccc1)/c1ccc(-c2ccc3c(c2)C(c2ccccc2)(c2ccccc2)c2cc(-c4ccc(/C=C/c5ccc6c(c5)c5ccccc5n6-c5ccccc5)cc4)ccc2-3)cc1. The largest absolute Gasteiger partial charge is 0.309 e. The summed E-state index contributed by atoms with van der Waals surface area (Å²) in [6, 6.07) is 107. The van der Waals surface area contributed by atoms with E-state index in [2.05, 4.69) is 325 Å². The second-order valence-electron chi connectivity index (χ2n) is 20.8. The number of nitrogens with zero attached hydrogens (tertiary/aromatic N) is 2. The lowest BCUT2D eigenvalue weighted by Gasteiger charge is -2.34.